The molecule has 90 valence electrons. The molecule has 3 nitrogen and oxygen atoms in total. The fourth-order valence-corrected chi connectivity index (χ4v) is 2.26. The van der Waals surface area contributed by atoms with Crippen LogP contribution < -0.4 is 11.1 Å². The Labute approximate surface area is 103 Å². The van der Waals surface area contributed by atoms with E-state index in [1.54, 1.807) is 24.3 Å². The summed E-state index contributed by atoms with van der Waals surface area (Å²) in [6.07, 6.45) is 0. The first-order valence-electron chi connectivity index (χ1n) is 5.62. The summed E-state index contributed by atoms with van der Waals surface area (Å²) in [5.74, 6) is -0.481. The van der Waals surface area contributed by atoms with Gasteiger partial charge in [-0.2, -0.15) is 0 Å². The molecule has 1 amide bonds. The number of carbonyl (C=O) groups excluding carboxylic acids is 1. The molecular formula is C14H11FN2O. The first-order chi connectivity index (χ1) is 8.66. The van der Waals surface area contributed by atoms with Crippen molar-refractivity contribution in [2.45, 2.75) is 6.54 Å². The summed E-state index contributed by atoms with van der Waals surface area (Å²) in [5, 5.41) is 2.74. The number of benzene rings is 2. The van der Waals surface area contributed by atoms with Gasteiger partial charge >= 0.3 is 0 Å². The number of carbonyl (C=O) groups is 1. The van der Waals surface area contributed by atoms with Crippen LogP contribution >= 0.6 is 0 Å². The highest BCUT2D eigenvalue weighted by molar-refractivity contribution is 6.00. The van der Waals surface area contributed by atoms with Crippen LogP contribution in [0.15, 0.2) is 36.4 Å². The standard InChI is InChI=1S/C14H11FN2O/c15-13-6-8(16)4-5-10(13)9-2-1-3-11-12(9)7-17-14(11)18/h1-6H,7,16H2,(H,17,18). The van der Waals surface area contributed by atoms with E-state index in [4.69, 9.17) is 5.73 Å². The predicted octanol–water partition coefficient (Wildman–Crippen LogP) is 2.32. The SMILES string of the molecule is Nc1ccc(-c2cccc3c2CNC3=O)c(F)c1. The highest BCUT2D eigenvalue weighted by Crippen LogP contribution is 2.31. The van der Waals surface area contributed by atoms with Gasteiger partial charge in [0.2, 0.25) is 0 Å². The molecule has 1 aliphatic heterocycles. The Bertz CT molecular complexity index is 652. The van der Waals surface area contributed by atoms with Gasteiger partial charge in [-0.05, 0) is 35.4 Å². The first-order valence-corrected chi connectivity index (χ1v) is 5.62. The van der Waals surface area contributed by atoms with Crippen molar-refractivity contribution in [2.24, 2.45) is 0 Å². The summed E-state index contributed by atoms with van der Waals surface area (Å²) in [5.41, 5.74) is 8.58. The third kappa shape index (κ3) is 1.54. The lowest BCUT2D eigenvalue weighted by Crippen LogP contribution is -2.12. The second kappa shape index (κ2) is 3.84. The molecule has 0 bridgehead atoms. The number of anilines is 1. The Balaban J connectivity index is 2.22. The van der Waals surface area contributed by atoms with Crippen molar-refractivity contribution >= 4 is 11.6 Å². The minimum atomic E-state index is -0.372. The summed E-state index contributed by atoms with van der Waals surface area (Å²) >= 11 is 0. The van der Waals surface area contributed by atoms with Crippen LogP contribution in [0.5, 0.6) is 0 Å². The summed E-state index contributed by atoms with van der Waals surface area (Å²) in [7, 11) is 0. The zero-order valence-electron chi connectivity index (χ0n) is 9.53. The van der Waals surface area contributed by atoms with E-state index in [1.165, 1.54) is 6.07 Å². The number of amides is 1. The van der Waals surface area contributed by atoms with Crippen molar-refractivity contribution < 1.29 is 9.18 Å². The van der Waals surface area contributed by atoms with Crippen LogP contribution in [0.2, 0.25) is 0 Å². The minimum Gasteiger partial charge on any atom is -0.399 e. The van der Waals surface area contributed by atoms with Gasteiger partial charge in [0.05, 0.1) is 0 Å². The molecule has 18 heavy (non-hydrogen) atoms. The van der Waals surface area contributed by atoms with Gasteiger partial charge in [-0.25, -0.2) is 4.39 Å². The number of fused-ring (bicyclic) bond motifs is 1. The predicted molar refractivity (Wildman–Crippen MR) is 67.4 cm³/mol. The van der Waals surface area contributed by atoms with Crippen LogP contribution in [0.3, 0.4) is 0 Å². The van der Waals surface area contributed by atoms with Gasteiger partial charge in [0.25, 0.3) is 5.91 Å². The average molecular weight is 242 g/mol. The van der Waals surface area contributed by atoms with Gasteiger partial charge in [-0.3, -0.25) is 4.79 Å². The number of halogens is 1. The largest absolute Gasteiger partial charge is 0.399 e. The number of nitrogens with two attached hydrogens (primary N) is 1. The van der Waals surface area contributed by atoms with Crippen molar-refractivity contribution in [3.8, 4) is 11.1 Å². The van der Waals surface area contributed by atoms with E-state index in [9.17, 15) is 9.18 Å². The number of nitrogen functional groups attached to an aromatic ring is 1. The summed E-state index contributed by atoms with van der Waals surface area (Å²) < 4.78 is 13.9. The number of rotatable bonds is 1. The van der Waals surface area contributed by atoms with Gasteiger partial charge in [0, 0.05) is 23.4 Å². The minimum absolute atomic E-state index is 0.109. The molecule has 0 saturated heterocycles. The number of hydrogen-bond acceptors (Lipinski definition) is 2. The van der Waals surface area contributed by atoms with Crippen LogP contribution in [0.1, 0.15) is 15.9 Å². The van der Waals surface area contributed by atoms with E-state index < -0.39 is 0 Å². The van der Waals surface area contributed by atoms with Crippen LogP contribution in [0.25, 0.3) is 11.1 Å². The van der Waals surface area contributed by atoms with Gasteiger partial charge in [0.15, 0.2) is 0 Å². The van der Waals surface area contributed by atoms with Gasteiger partial charge in [-0.1, -0.05) is 12.1 Å². The molecule has 0 saturated carbocycles. The summed E-state index contributed by atoms with van der Waals surface area (Å²) in [6, 6.07) is 9.91. The second-order valence-corrected chi connectivity index (χ2v) is 4.25. The molecule has 3 rings (SSSR count). The fraction of sp³-hybridized carbons (Fsp3) is 0.0714. The third-order valence-electron chi connectivity index (χ3n) is 3.13. The topological polar surface area (TPSA) is 55.1 Å². The van der Waals surface area contributed by atoms with E-state index >= 15 is 0 Å². The lowest BCUT2D eigenvalue weighted by Gasteiger charge is -2.08. The number of nitrogens with one attached hydrogen (secondary N) is 1. The van der Waals surface area contributed by atoms with Gasteiger partial charge in [0.1, 0.15) is 5.82 Å². The van der Waals surface area contributed by atoms with E-state index in [1.807, 2.05) is 6.07 Å². The second-order valence-electron chi connectivity index (χ2n) is 4.25. The van der Waals surface area contributed by atoms with Crippen molar-refractivity contribution in [2.75, 3.05) is 5.73 Å². The van der Waals surface area contributed by atoms with E-state index in [-0.39, 0.29) is 11.7 Å². The normalized spacial score (nSPS) is 13.3. The third-order valence-corrected chi connectivity index (χ3v) is 3.13. The van der Waals surface area contributed by atoms with Gasteiger partial charge < -0.3 is 11.1 Å². The van der Waals surface area contributed by atoms with Crippen LogP contribution in [0, 0.1) is 5.82 Å². The Kier molecular flexibility index (Phi) is 2.30. The molecule has 4 heteroatoms. The maximum Gasteiger partial charge on any atom is 0.251 e. The molecule has 2 aromatic carbocycles. The molecule has 3 N–H and O–H groups in total. The van der Waals surface area contributed by atoms with Crippen molar-refractivity contribution in [3.63, 3.8) is 0 Å². The van der Waals surface area contributed by atoms with Crippen LogP contribution in [-0.4, -0.2) is 5.91 Å². The molecular weight excluding hydrogens is 231 g/mol. The summed E-state index contributed by atoms with van der Waals surface area (Å²) in [4.78, 5) is 11.6. The monoisotopic (exact) mass is 242 g/mol. The zero-order chi connectivity index (χ0) is 12.7. The first kappa shape index (κ1) is 10.8. The highest BCUT2D eigenvalue weighted by atomic mass is 19.1. The smallest absolute Gasteiger partial charge is 0.251 e. The average Bonchev–Trinajstić information content (AvgIpc) is 2.72. The Hall–Kier alpha value is -2.36. The van der Waals surface area contributed by atoms with Crippen molar-refractivity contribution in [1.82, 2.24) is 5.32 Å². The molecule has 0 unspecified atom stereocenters. The maximum absolute atomic E-state index is 13.9. The van der Waals surface area contributed by atoms with E-state index in [2.05, 4.69) is 5.32 Å². The highest BCUT2D eigenvalue weighted by Gasteiger charge is 2.22. The maximum atomic E-state index is 13.9. The lowest BCUT2D eigenvalue weighted by atomic mass is 9.96. The lowest BCUT2D eigenvalue weighted by molar-refractivity contribution is 0.0966. The van der Waals surface area contributed by atoms with Crippen molar-refractivity contribution in [3.05, 3.63) is 53.3 Å². The van der Waals surface area contributed by atoms with Crippen LogP contribution in [-0.2, 0) is 6.54 Å². The molecule has 1 heterocycles. The molecule has 0 aromatic heterocycles. The molecule has 0 aliphatic carbocycles. The molecule has 0 radical (unpaired) electrons. The molecule has 0 atom stereocenters. The van der Waals surface area contributed by atoms with E-state index in [0.29, 0.717) is 23.4 Å². The summed E-state index contributed by atoms with van der Waals surface area (Å²) in [6.45, 7) is 0.439. The van der Waals surface area contributed by atoms with Crippen molar-refractivity contribution in [1.29, 1.82) is 0 Å². The molecule has 2 aromatic rings. The van der Waals surface area contributed by atoms with Crippen LogP contribution in [0.4, 0.5) is 10.1 Å². The fourth-order valence-electron chi connectivity index (χ4n) is 2.26. The Morgan fingerprint density at radius 3 is 2.67 bits per heavy atom. The molecule has 1 aliphatic rings. The Morgan fingerprint density at radius 2 is 1.89 bits per heavy atom. The quantitative estimate of drug-likeness (QED) is 0.754. The zero-order valence-corrected chi connectivity index (χ0v) is 9.53. The van der Waals surface area contributed by atoms with E-state index in [0.717, 1.165) is 11.1 Å². The number of hydrogen-bond donors (Lipinski definition) is 2. The van der Waals surface area contributed by atoms with Gasteiger partial charge in [-0.15, -0.1) is 0 Å². The molecule has 0 spiro atoms. The Morgan fingerprint density at radius 1 is 1.11 bits per heavy atom. The molecule has 0 fully saturated rings.